The number of rotatable bonds is 1. The van der Waals surface area contributed by atoms with Gasteiger partial charge in [0, 0.05) is 12.0 Å². The zero-order valence-corrected chi connectivity index (χ0v) is 5.89. The maximum Gasteiger partial charge on any atom is 0.241 e. The highest BCUT2D eigenvalue weighted by Gasteiger charge is 2.25. The lowest BCUT2D eigenvalue weighted by atomic mass is 9.87. The van der Waals surface area contributed by atoms with Crippen LogP contribution in [-0.4, -0.2) is 12.5 Å². The van der Waals surface area contributed by atoms with Gasteiger partial charge in [-0.15, -0.1) is 0 Å². The smallest absolute Gasteiger partial charge is 0.241 e. The maximum absolute atomic E-state index is 12.0. The van der Waals surface area contributed by atoms with E-state index in [1.165, 1.54) is 0 Å². The Morgan fingerprint density at radius 1 is 1.10 bits per heavy atom. The number of hydrogen-bond acceptors (Lipinski definition) is 1. The third-order valence-electron chi connectivity index (χ3n) is 2.17. The summed E-state index contributed by atoms with van der Waals surface area (Å²) in [6.45, 7) is 0. The summed E-state index contributed by atoms with van der Waals surface area (Å²) in [5.74, 6) is -0.375. The first kappa shape index (κ1) is 7.92. The Hall–Kier alpha value is -0.180. The SMILES string of the molecule is NC1CCC(C(F)F)CC1. The minimum absolute atomic E-state index is 0.176. The molecule has 60 valence electrons. The summed E-state index contributed by atoms with van der Waals surface area (Å²) in [5, 5.41) is 0. The van der Waals surface area contributed by atoms with E-state index in [-0.39, 0.29) is 12.0 Å². The van der Waals surface area contributed by atoms with Crippen LogP contribution in [0.15, 0.2) is 0 Å². The van der Waals surface area contributed by atoms with E-state index in [4.69, 9.17) is 5.73 Å². The molecule has 1 saturated carbocycles. The molecule has 1 aliphatic carbocycles. The molecule has 1 fully saturated rings. The van der Waals surface area contributed by atoms with Crippen LogP contribution in [0, 0.1) is 5.92 Å². The molecular weight excluding hydrogens is 136 g/mol. The lowest BCUT2D eigenvalue weighted by molar-refractivity contribution is 0.0533. The van der Waals surface area contributed by atoms with E-state index in [0.717, 1.165) is 12.8 Å². The van der Waals surface area contributed by atoms with Gasteiger partial charge in [-0.2, -0.15) is 0 Å². The monoisotopic (exact) mass is 149 g/mol. The van der Waals surface area contributed by atoms with Crippen molar-refractivity contribution in [2.75, 3.05) is 0 Å². The molecule has 0 atom stereocenters. The fourth-order valence-electron chi connectivity index (χ4n) is 1.40. The maximum atomic E-state index is 12.0. The van der Waals surface area contributed by atoms with Crippen molar-refractivity contribution in [1.82, 2.24) is 0 Å². The van der Waals surface area contributed by atoms with E-state index in [1.54, 1.807) is 0 Å². The first-order valence-electron chi connectivity index (χ1n) is 3.74. The Morgan fingerprint density at radius 3 is 2.00 bits per heavy atom. The molecular formula is C7H13F2N. The van der Waals surface area contributed by atoms with Crippen molar-refractivity contribution in [3.8, 4) is 0 Å². The van der Waals surface area contributed by atoms with Gasteiger partial charge in [0.25, 0.3) is 0 Å². The summed E-state index contributed by atoms with van der Waals surface area (Å²) < 4.78 is 24.0. The van der Waals surface area contributed by atoms with Crippen LogP contribution in [0.25, 0.3) is 0 Å². The van der Waals surface area contributed by atoms with Gasteiger partial charge in [0.15, 0.2) is 0 Å². The molecule has 0 amide bonds. The number of nitrogens with two attached hydrogens (primary N) is 1. The highest BCUT2D eigenvalue weighted by atomic mass is 19.3. The highest BCUT2D eigenvalue weighted by Crippen LogP contribution is 2.27. The van der Waals surface area contributed by atoms with E-state index < -0.39 is 6.43 Å². The molecule has 1 rings (SSSR count). The van der Waals surface area contributed by atoms with Crippen LogP contribution in [0.3, 0.4) is 0 Å². The molecule has 1 aliphatic rings. The van der Waals surface area contributed by atoms with Gasteiger partial charge in [0.2, 0.25) is 6.43 Å². The Kier molecular flexibility index (Phi) is 2.60. The Bertz CT molecular complexity index is 97.8. The highest BCUT2D eigenvalue weighted by molar-refractivity contribution is 4.75. The molecule has 1 nitrogen and oxygen atoms in total. The van der Waals surface area contributed by atoms with Gasteiger partial charge in [-0.25, -0.2) is 8.78 Å². The van der Waals surface area contributed by atoms with Crippen molar-refractivity contribution in [1.29, 1.82) is 0 Å². The minimum atomic E-state index is -2.13. The fraction of sp³-hybridized carbons (Fsp3) is 1.00. The summed E-state index contributed by atoms with van der Waals surface area (Å²) in [6, 6.07) is 0.176. The van der Waals surface area contributed by atoms with Crippen molar-refractivity contribution in [3.63, 3.8) is 0 Å². The largest absolute Gasteiger partial charge is 0.328 e. The molecule has 0 heterocycles. The van der Waals surface area contributed by atoms with Crippen molar-refractivity contribution < 1.29 is 8.78 Å². The van der Waals surface area contributed by atoms with Crippen LogP contribution >= 0.6 is 0 Å². The second-order valence-corrected chi connectivity index (χ2v) is 3.01. The predicted octanol–water partition coefficient (Wildman–Crippen LogP) is 1.77. The van der Waals surface area contributed by atoms with E-state index in [1.807, 2.05) is 0 Å². The van der Waals surface area contributed by atoms with Crippen LogP contribution in [0.1, 0.15) is 25.7 Å². The molecule has 0 spiro atoms. The van der Waals surface area contributed by atoms with E-state index in [0.29, 0.717) is 12.8 Å². The molecule has 10 heavy (non-hydrogen) atoms. The Labute approximate surface area is 59.6 Å². The van der Waals surface area contributed by atoms with Crippen LogP contribution in [0.2, 0.25) is 0 Å². The average Bonchev–Trinajstić information content (AvgIpc) is 1.88. The number of hydrogen-bond donors (Lipinski definition) is 1. The van der Waals surface area contributed by atoms with Crippen LogP contribution in [-0.2, 0) is 0 Å². The van der Waals surface area contributed by atoms with Crippen molar-refractivity contribution in [3.05, 3.63) is 0 Å². The summed E-state index contributed by atoms with van der Waals surface area (Å²) in [6.07, 6.45) is 0.634. The van der Waals surface area contributed by atoms with E-state index in [9.17, 15) is 8.78 Å². The molecule has 2 N–H and O–H groups in total. The van der Waals surface area contributed by atoms with Crippen molar-refractivity contribution in [2.24, 2.45) is 11.7 Å². The lowest BCUT2D eigenvalue weighted by Gasteiger charge is -2.24. The molecule has 0 aromatic carbocycles. The zero-order valence-electron chi connectivity index (χ0n) is 5.89. The summed E-state index contributed by atoms with van der Waals surface area (Å²) >= 11 is 0. The van der Waals surface area contributed by atoms with Crippen molar-refractivity contribution >= 4 is 0 Å². The molecule has 0 bridgehead atoms. The normalized spacial score (nSPS) is 34.8. The second kappa shape index (κ2) is 3.28. The average molecular weight is 149 g/mol. The van der Waals surface area contributed by atoms with E-state index in [2.05, 4.69) is 0 Å². The quantitative estimate of drug-likeness (QED) is 0.604. The van der Waals surface area contributed by atoms with Crippen LogP contribution in [0.5, 0.6) is 0 Å². The summed E-state index contributed by atoms with van der Waals surface area (Å²) in [7, 11) is 0. The standard InChI is InChI=1S/C7H13F2N/c8-7(9)5-1-3-6(10)4-2-5/h5-7H,1-4,10H2. The van der Waals surface area contributed by atoms with Gasteiger partial charge in [-0.3, -0.25) is 0 Å². The van der Waals surface area contributed by atoms with Crippen LogP contribution in [0.4, 0.5) is 8.78 Å². The van der Waals surface area contributed by atoms with Gasteiger partial charge in [0.1, 0.15) is 0 Å². The van der Waals surface area contributed by atoms with Gasteiger partial charge < -0.3 is 5.73 Å². The molecule has 0 aromatic rings. The van der Waals surface area contributed by atoms with Crippen LogP contribution < -0.4 is 5.73 Å². The number of halogens is 2. The molecule has 0 saturated heterocycles. The minimum Gasteiger partial charge on any atom is -0.328 e. The molecule has 0 radical (unpaired) electrons. The third kappa shape index (κ3) is 1.90. The van der Waals surface area contributed by atoms with Gasteiger partial charge in [-0.1, -0.05) is 0 Å². The van der Waals surface area contributed by atoms with E-state index >= 15 is 0 Å². The van der Waals surface area contributed by atoms with Gasteiger partial charge >= 0.3 is 0 Å². The molecule has 3 heteroatoms. The molecule has 0 unspecified atom stereocenters. The summed E-state index contributed by atoms with van der Waals surface area (Å²) in [5.41, 5.74) is 5.55. The Morgan fingerprint density at radius 2 is 1.60 bits per heavy atom. The van der Waals surface area contributed by atoms with Crippen molar-refractivity contribution in [2.45, 2.75) is 38.2 Å². The summed E-state index contributed by atoms with van der Waals surface area (Å²) in [4.78, 5) is 0. The van der Waals surface area contributed by atoms with Gasteiger partial charge in [-0.05, 0) is 25.7 Å². The first-order valence-corrected chi connectivity index (χ1v) is 3.74. The fourth-order valence-corrected chi connectivity index (χ4v) is 1.40. The molecule has 0 aliphatic heterocycles. The Balaban J connectivity index is 2.26. The second-order valence-electron chi connectivity index (χ2n) is 3.01. The first-order chi connectivity index (χ1) is 4.70. The third-order valence-corrected chi connectivity index (χ3v) is 2.17. The predicted molar refractivity (Wildman–Crippen MR) is 35.9 cm³/mol. The van der Waals surface area contributed by atoms with Gasteiger partial charge in [0.05, 0.1) is 0 Å². The number of alkyl halides is 2. The molecule has 0 aromatic heterocycles. The lowest BCUT2D eigenvalue weighted by Crippen LogP contribution is -2.29. The zero-order chi connectivity index (χ0) is 7.56. The topological polar surface area (TPSA) is 26.0 Å².